The van der Waals surface area contributed by atoms with Gasteiger partial charge in [0.1, 0.15) is 11.2 Å². The van der Waals surface area contributed by atoms with E-state index in [1.165, 1.54) is 49.2 Å². The summed E-state index contributed by atoms with van der Waals surface area (Å²) >= 11 is 0. The zero-order chi connectivity index (χ0) is 30.5. The monoisotopic (exact) mass is 587 g/mol. The predicted molar refractivity (Wildman–Crippen MR) is 194 cm³/mol. The Morgan fingerprint density at radius 2 is 0.870 bits per heavy atom. The third-order valence-electron chi connectivity index (χ3n) is 9.06. The van der Waals surface area contributed by atoms with E-state index in [-0.39, 0.29) is 0 Å². The van der Waals surface area contributed by atoms with Crippen molar-refractivity contribution in [3.8, 4) is 22.3 Å². The summed E-state index contributed by atoms with van der Waals surface area (Å²) in [6, 6.07) is 62.7. The lowest BCUT2D eigenvalue weighted by Gasteiger charge is -2.27. The number of anilines is 3. The van der Waals surface area contributed by atoms with Crippen LogP contribution in [0.4, 0.5) is 17.1 Å². The molecular formula is C44H29NO. The maximum absolute atomic E-state index is 6.31. The van der Waals surface area contributed by atoms with Crippen LogP contribution in [0.25, 0.3) is 65.7 Å². The van der Waals surface area contributed by atoms with Crippen LogP contribution in [-0.2, 0) is 0 Å². The number of rotatable bonds is 5. The molecule has 8 aromatic carbocycles. The van der Waals surface area contributed by atoms with Crippen LogP contribution in [0.1, 0.15) is 0 Å². The number of fused-ring (bicyclic) bond motifs is 7. The predicted octanol–water partition coefficient (Wildman–Crippen LogP) is 12.7. The number of benzene rings is 8. The van der Waals surface area contributed by atoms with Gasteiger partial charge in [-0.05, 0) is 75.5 Å². The molecule has 0 saturated heterocycles. The number of hydrogen-bond acceptors (Lipinski definition) is 2. The Bertz CT molecular complexity index is 2410. The molecule has 2 heteroatoms. The molecule has 46 heavy (non-hydrogen) atoms. The van der Waals surface area contributed by atoms with Gasteiger partial charge in [-0.2, -0.15) is 0 Å². The third kappa shape index (κ3) is 4.35. The lowest BCUT2D eigenvalue weighted by molar-refractivity contribution is 0.669. The number of furan rings is 1. The summed E-state index contributed by atoms with van der Waals surface area (Å²) in [6.45, 7) is 0. The van der Waals surface area contributed by atoms with Crippen molar-refractivity contribution < 1.29 is 4.42 Å². The van der Waals surface area contributed by atoms with Crippen molar-refractivity contribution in [1.82, 2.24) is 0 Å². The average Bonchev–Trinajstić information content (AvgIpc) is 3.52. The first-order valence-corrected chi connectivity index (χ1v) is 15.7. The van der Waals surface area contributed by atoms with Gasteiger partial charge in [0.05, 0.1) is 5.69 Å². The summed E-state index contributed by atoms with van der Waals surface area (Å²) in [5, 5.41) is 7.13. The normalized spacial score (nSPS) is 11.5. The first kappa shape index (κ1) is 26.3. The molecule has 0 N–H and O–H groups in total. The van der Waals surface area contributed by atoms with Crippen LogP contribution in [0.2, 0.25) is 0 Å². The molecule has 0 amide bonds. The molecule has 0 bridgehead atoms. The molecule has 9 rings (SSSR count). The molecule has 1 heterocycles. The summed E-state index contributed by atoms with van der Waals surface area (Å²) < 4.78 is 6.31. The van der Waals surface area contributed by atoms with E-state index in [4.69, 9.17) is 4.42 Å². The maximum atomic E-state index is 6.31. The number of hydrogen-bond donors (Lipinski definition) is 0. The van der Waals surface area contributed by atoms with Crippen LogP contribution < -0.4 is 4.90 Å². The first-order chi connectivity index (χ1) is 22.8. The van der Waals surface area contributed by atoms with E-state index in [0.717, 1.165) is 33.6 Å². The van der Waals surface area contributed by atoms with E-state index in [2.05, 4.69) is 175 Å². The van der Waals surface area contributed by atoms with Gasteiger partial charge in [0.15, 0.2) is 0 Å². The van der Waals surface area contributed by atoms with Crippen LogP contribution in [0, 0.1) is 0 Å². The Hall–Kier alpha value is -6.12. The molecule has 0 saturated carbocycles. The standard InChI is InChI=1S/C44H29NO/c1-3-10-30(11-4-1)32-18-24-35(25-19-32)45(36-26-20-33(21-27-36)31-12-5-2-6-13-31)40-16-9-15-38-37(40)28-22-34-23-29-42-44(43(34)38)39-14-7-8-17-41(39)46-42/h1-29H. The Morgan fingerprint density at radius 1 is 0.326 bits per heavy atom. The summed E-state index contributed by atoms with van der Waals surface area (Å²) in [5.74, 6) is 0. The highest BCUT2D eigenvalue weighted by Gasteiger charge is 2.19. The lowest BCUT2D eigenvalue weighted by atomic mass is 9.96. The van der Waals surface area contributed by atoms with E-state index < -0.39 is 0 Å². The zero-order valence-electron chi connectivity index (χ0n) is 25.1. The largest absolute Gasteiger partial charge is 0.456 e. The van der Waals surface area contributed by atoms with Crippen LogP contribution in [0.5, 0.6) is 0 Å². The highest BCUT2D eigenvalue weighted by molar-refractivity contribution is 6.27. The molecule has 0 aliphatic carbocycles. The molecule has 2 nitrogen and oxygen atoms in total. The van der Waals surface area contributed by atoms with Gasteiger partial charge in [-0.25, -0.2) is 0 Å². The Morgan fingerprint density at radius 3 is 1.52 bits per heavy atom. The van der Waals surface area contributed by atoms with E-state index >= 15 is 0 Å². The van der Waals surface area contributed by atoms with Crippen LogP contribution >= 0.6 is 0 Å². The minimum absolute atomic E-state index is 0.913. The molecule has 0 atom stereocenters. The van der Waals surface area contributed by atoms with E-state index in [1.54, 1.807) is 0 Å². The van der Waals surface area contributed by atoms with Gasteiger partial charge < -0.3 is 9.32 Å². The molecule has 0 radical (unpaired) electrons. The topological polar surface area (TPSA) is 16.4 Å². The second-order valence-electron chi connectivity index (χ2n) is 11.7. The van der Waals surface area contributed by atoms with Crippen molar-refractivity contribution in [3.63, 3.8) is 0 Å². The molecule has 9 aromatic rings. The van der Waals surface area contributed by atoms with Gasteiger partial charge in [0.2, 0.25) is 0 Å². The van der Waals surface area contributed by atoms with Crippen LogP contribution in [0.3, 0.4) is 0 Å². The van der Waals surface area contributed by atoms with Gasteiger partial charge in [0, 0.05) is 32.9 Å². The summed E-state index contributed by atoms with van der Waals surface area (Å²) in [7, 11) is 0. The maximum Gasteiger partial charge on any atom is 0.136 e. The zero-order valence-corrected chi connectivity index (χ0v) is 25.1. The van der Waals surface area contributed by atoms with Crippen molar-refractivity contribution in [3.05, 3.63) is 176 Å². The Kier molecular flexibility index (Phi) is 6.17. The van der Waals surface area contributed by atoms with Crippen molar-refractivity contribution in [1.29, 1.82) is 0 Å². The highest BCUT2D eigenvalue weighted by Crippen LogP contribution is 2.44. The minimum Gasteiger partial charge on any atom is -0.456 e. The van der Waals surface area contributed by atoms with Crippen LogP contribution in [0.15, 0.2) is 180 Å². The number of para-hydroxylation sites is 1. The van der Waals surface area contributed by atoms with Gasteiger partial charge in [-0.15, -0.1) is 0 Å². The minimum atomic E-state index is 0.913. The van der Waals surface area contributed by atoms with Crippen molar-refractivity contribution in [2.24, 2.45) is 0 Å². The van der Waals surface area contributed by atoms with Crippen molar-refractivity contribution >= 4 is 60.5 Å². The molecule has 216 valence electrons. The van der Waals surface area contributed by atoms with E-state index in [1.807, 2.05) is 6.07 Å². The number of nitrogens with zero attached hydrogens (tertiary/aromatic N) is 1. The molecule has 0 aliphatic rings. The molecule has 0 fully saturated rings. The van der Waals surface area contributed by atoms with E-state index in [0.29, 0.717) is 0 Å². The van der Waals surface area contributed by atoms with Crippen molar-refractivity contribution in [2.45, 2.75) is 0 Å². The lowest BCUT2D eigenvalue weighted by Crippen LogP contribution is -2.10. The van der Waals surface area contributed by atoms with Gasteiger partial charge >= 0.3 is 0 Å². The van der Waals surface area contributed by atoms with Crippen molar-refractivity contribution in [2.75, 3.05) is 4.90 Å². The summed E-state index contributed by atoms with van der Waals surface area (Å²) in [4.78, 5) is 2.38. The molecule has 1 aromatic heterocycles. The fraction of sp³-hybridized carbons (Fsp3) is 0. The first-order valence-electron chi connectivity index (χ1n) is 15.7. The average molecular weight is 588 g/mol. The second kappa shape index (κ2) is 10.8. The Labute approximate surface area is 267 Å². The summed E-state index contributed by atoms with van der Waals surface area (Å²) in [5.41, 5.74) is 9.97. The fourth-order valence-corrected chi connectivity index (χ4v) is 6.87. The van der Waals surface area contributed by atoms with Gasteiger partial charge in [0.25, 0.3) is 0 Å². The van der Waals surface area contributed by atoms with E-state index in [9.17, 15) is 0 Å². The molecule has 0 unspecified atom stereocenters. The summed E-state index contributed by atoms with van der Waals surface area (Å²) in [6.07, 6.45) is 0. The second-order valence-corrected chi connectivity index (χ2v) is 11.7. The Balaban J connectivity index is 1.27. The molecule has 0 aliphatic heterocycles. The fourth-order valence-electron chi connectivity index (χ4n) is 6.87. The molecule has 0 spiro atoms. The molecular weight excluding hydrogens is 558 g/mol. The smallest absolute Gasteiger partial charge is 0.136 e. The van der Waals surface area contributed by atoms with Gasteiger partial charge in [-0.1, -0.05) is 133 Å². The van der Waals surface area contributed by atoms with Crippen LogP contribution in [-0.4, -0.2) is 0 Å². The quantitative estimate of drug-likeness (QED) is 0.186. The highest BCUT2D eigenvalue weighted by atomic mass is 16.3. The third-order valence-corrected chi connectivity index (χ3v) is 9.06. The van der Waals surface area contributed by atoms with Gasteiger partial charge in [-0.3, -0.25) is 0 Å². The SMILES string of the molecule is c1ccc(-c2ccc(N(c3ccc(-c4ccccc4)cc3)c3cccc4c3ccc3ccc5oc6ccccc6c5c34)cc2)cc1.